The average Bonchev–Trinajstić information content (AvgIpc) is 1.80. The van der Waals surface area contributed by atoms with Gasteiger partial charge in [0.25, 0.3) is 0 Å². The molecule has 0 radical (unpaired) electrons. The van der Waals surface area contributed by atoms with Crippen LogP contribution in [-0.4, -0.2) is 22.8 Å². The molecule has 0 saturated heterocycles. The lowest BCUT2D eigenvalue weighted by molar-refractivity contribution is -0.130. The molecule has 3 heteroatoms. The molecule has 0 fully saturated rings. The second kappa shape index (κ2) is 2.11. The van der Waals surface area contributed by atoms with Gasteiger partial charge in [-0.1, -0.05) is 0 Å². The highest BCUT2D eigenvalue weighted by Gasteiger charge is 2.18. The van der Waals surface area contributed by atoms with Gasteiger partial charge < -0.3 is 5.11 Å². The van der Waals surface area contributed by atoms with Crippen LogP contribution in [0.25, 0.3) is 0 Å². The third-order valence-corrected chi connectivity index (χ3v) is 1.14. The quantitative estimate of drug-likeness (QED) is 0.443. The van der Waals surface area contributed by atoms with E-state index in [2.05, 4.69) is 0 Å². The number of Topliss-reactive ketones (excluding diaryl/α,β-unsaturated/α-hetero) is 1. The van der Waals surface area contributed by atoms with Crippen molar-refractivity contribution in [3.05, 3.63) is 12.2 Å². The molecule has 0 aromatic carbocycles. The minimum Gasteiger partial charge on any atom is -0.381 e. The minimum atomic E-state index is -1.05. The van der Waals surface area contributed by atoms with Crippen LogP contribution < -0.4 is 0 Å². The molecule has 0 spiro atoms. The first-order valence-corrected chi connectivity index (χ1v) is 2.62. The number of carbonyl (C=O) groups is 2. The molecule has 1 unspecified atom stereocenters. The molecule has 0 bridgehead atoms. The monoisotopic (exact) mass is 126 g/mol. The van der Waals surface area contributed by atoms with Crippen molar-refractivity contribution in [3.63, 3.8) is 0 Å². The summed E-state index contributed by atoms with van der Waals surface area (Å²) < 4.78 is 0. The summed E-state index contributed by atoms with van der Waals surface area (Å²) in [6, 6.07) is 0. The van der Waals surface area contributed by atoms with E-state index < -0.39 is 11.9 Å². The van der Waals surface area contributed by atoms with Gasteiger partial charge in [0.05, 0.1) is 6.42 Å². The zero-order chi connectivity index (χ0) is 6.85. The molecule has 0 aliphatic heterocycles. The molecule has 1 aliphatic rings. The van der Waals surface area contributed by atoms with Gasteiger partial charge in [0.1, 0.15) is 6.10 Å². The number of aliphatic hydroxyl groups is 1. The van der Waals surface area contributed by atoms with E-state index in [1.165, 1.54) is 12.2 Å². The fourth-order valence-corrected chi connectivity index (χ4v) is 0.641. The maximum atomic E-state index is 10.5. The van der Waals surface area contributed by atoms with Crippen LogP contribution in [-0.2, 0) is 9.59 Å². The van der Waals surface area contributed by atoms with Gasteiger partial charge in [-0.05, 0) is 12.2 Å². The third kappa shape index (κ3) is 1.23. The van der Waals surface area contributed by atoms with E-state index in [1.54, 1.807) is 0 Å². The van der Waals surface area contributed by atoms with Crippen molar-refractivity contribution in [2.45, 2.75) is 12.5 Å². The van der Waals surface area contributed by atoms with Crippen LogP contribution in [0.5, 0.6) is 0 Å². The molecular formula is C6H6O3. The van der Waals surface area contributed by atoms with E-state index in [9.17, 15) is 9.59 Å². The molecule has 0 amide bonds. The van der Waals surface area contributed by atoms with Crippen LogP contribution in [0.1, 0.15) is 6.42 Å². The van der Waals surface area contributed by atoms with E-state index in [1.807, 2.05) is 0 Å². The lowest BCUT2D eigenvalue weighted by atomic mass is 10.0. The van der Waals surface area contributed by atoms with Crippen molar-refractivity contribution in [1.29, 1.82) is 0 Å². The lowest BCUT2D eigenvalue weighted by Crippen LogP contribution is -2.24. The van der Waals surface area contributed by atoms with Gasteiger partial charge in [-0.3, -0.25) is 9.59 Å². The standard InChI is InChI=1S/C6H6O3/c7-4-1-2-5(8)6(9)3-4/h1-2,5,8H,3H2. The molecule has 1 N–H and O–H groups in total. The molecule has 1 aliphatic carbocycles. The van der Waals surface area contributed by atoms with E-state index in [-0.39, 0.29) is 12.2 Å². The predicted molar refractivity (Wildman–Crippen MR) is 29.8 cm³/mol. The number of carbonyl (C=O) groups excluding carboxylic acids is 2. The topological polar surface area (TPSA) is 54.4 Å². The Morgan fingerprint density at radius 1 is 1.56 bits per heavy atom. The van der Waals surface area contributed by atoms with Crippen LogP contribution in [0.15, 0.2) is 12.2 Å². The summed E-state index contributed by atoms with van der Waals surface area (Å²) in [7, 11) is 0. The first kappa shape index (κ1) is 6.16. The van der Waals surface area contributed by atoms with Crippen molar-refractivity contribution >= 4 is 11.6 Å². The van der Waals surface area contributed by atoms with Gasteiger partial charge in [-0.2, -0.15) is 0 Å². The highest BCUT2D eigenvalue weighted by Crippen LogP contribution is 2.02. The van der Waals surface area contributed by atoms with Gasteiger partial charge in [-0.15, -0.1) is 0 Å². The smallest absolute Gasteiger partial charge is 0.172 e. The lowest BCUT2D eigenvalue weighted by Gasteiger charge is -2.06. The van der Waals surface area contributed by atoms with Crippen LogP contribution in [0, 0.1) is 0 Å². The van der Waals surface area contributed by atoms with Gasteiger partial charge in [0.15, 0.2) is 11.6 Å². The Balaban J connectivity index is 2.76. The summed E-state index contributed by atoms with van der Waals surface area (Å²) in [5.74, 6) is -0.646. The van der Waals surface area contributed by atoms with Crippen LogP contribution in [0.3, 0.4) is 0 Å². The zero-order valence-corrected chi connectivity index (χ0v) is 4.70. The Kier molecular flexibility index (Phi) is 1.44. The fourth-order valence-electron chi connectivity index (χ4n) is 0.641. The normalized spacial score (nSPS) is 27.0. The van der Waals surface area contributed by atoms with Crippen molar-refractivity contribution in [2.75, 3.05) is 0 Å². The van der Waals surface area contributed by atoms with E-state index >= 15 is 0 Å². The Hall–Kier alpha value is -0.960. The Morgan fingerprint density at radius 3 is 2.67 bits per heavy atom. The molecule has 48 valence electrons. The van der Waals surface area contributed by atoms with Crippen LogP contribution >= 0.6 is 0 Å². The Morgan fingerprint density at radius 2 is 2.22 bits per heavy atom. The fraction of sp³-hybridized carbons (Fsp3) is 0.333. The van der Waals surface area contributed by atoms with Crippen molar-refractivity contribution in [2.24, 2.45) is 0 Å². The SMILES string of the molecule is O=C1C=CC(O)C(=O)C1. The molecule has 0 saturated carbocycles. The maximum absolute atomic E-state index is 10.5. The van der Waals surface area contributed by atoms with Gasteiger partial charge >= 0.3 is 0 Å². The van der Waals surface area contributed by atoms with Gasteiger partial charge in [0, 0.05) is 0 Å². The van der Waals surface area contributed by atoms with Crippen LogP contribution in [0.2, 0.25) is 0 Å². The number of rotatable bonds is 0. The molecule has 0 heterocycles. The summed E-state index contributed by atoms with van der Waals surface area (Å²) in [4.78, 5) is 20.9. The van der Waals surface area contributed by atoms with Crippen LogP contribution in [0.4, 0.5) is 0 Å². The van der Waals surface area contributed by atoms with Crippen molar-refractivity contribution < 1.29 is 14.7 Å². The Bertz CT molecular complexity index is 181. The summed E-state index contributed by atoms with van der Waals surface area (Å²) in [5, 5.41) is 8.71. The van der Waals surface area contributed by atoms with Crippen molar-refractivity contribution in [3.8, 4) is 0 Å². The predicted octanol–water partition coefficient (Wildman–Crippen LogP) is -0.555. The largest absolute Gasteiger partial charge is 0.381 e. The number of aliphatic hydroxyl groups excluding tert-OH is 1. The van der Waals surface area contributed by atoms with Gasteiger partial charge in [0.2, 0.25) is 0 Å². The summed E-state index contributed by atoms with van der Waals surface area (Å²) in [6.07, 6.45) is 1.22. The van der Waals surface area contributed by atoms with E-state index in [4.69, 9.17) is 5.11 Å². The second-order valence-corrected chi connectivity index (χ2v) is 1.91. The van der Waals surface area contributed by atoms with E-state index in [0.717, 1.165) is 0 Å². The highest BCUT2D eigenvalue weighted by molar-refractivity contribution is 6.09. The number of hydrogen-bond acceptors (Lipinski definition) is 3. The molecule has 3 nitrogen and oxygen atoms in total. The summed E-state index contributed by atoms with van der Waals surface area (Å²) >= 11 is 0. The maximum Gasteiger partial charge on any atom is 0.172 e. The second-order valence-electron chi connectivity index (χ2n) is 1.91. The third-order valence-electron chi connectivity index (χ3n) is 1.14. The van der Waals surface area contributed by atoms with Crippen molar-refractivity contribution in [1.82, 2.24) is 0 Å². The summed E-state index contributed by atoms with van der Waals surface area (Å²) in [5.41, 5.74) is 0. The Labute approximate surface area is 52.0 Å². The molecule has 0 aromatic heterocycles. The minimum absolute atomic E-state index is 0.155. The molecule has 1 atom stereocenters. The summed E-state index contributed by atoms with van der Waals surface area (Å²) in [6.45, 7) is 0. The number of ketones is 2. The average molecular weight is 126 g/mol. The first-order valence-electron chi connectivity index (χ1n) is 2.62. The molecule has 9 heavy (non-hydrogen) atoms. The zero-order valence-electron chi connectivity index (χ0n) is 4.70. The highest BCUT2D eigenvalue weighted by atomic mass is 16.3. The van der Waals surface area contributed by atoms with Gasteiger partial charge in [-0.25, -0.2) is 0 Å². The van der Waals surface area contributed by atoms with E-state index in [0.29, 0.717) is 0 Å². The number of allylic oxidation sites excluding steroid dienone is 1. The first-order chi connectivity index (χ1) is 4.20. The molecule has 1 rings (SSSR count). The molecular weight excluding hydrogens is 120 g/mol. The number of hydrogen-bond donors (Lipinski definition) is 1. The molecule has 0 aromatic rings.